The number of hydrogen-bond donors (Lipinski definition) is 3. The number of carboxylic acids is 1. The van der Waals surface area contributed by atoms with Crippen molar-refractivity contribution in [2.24, 2.45) is 14.1 Å². The van der Waals surface area contributed by atoms with Gasteiger partial charge in [-0.1, -0.05) is 24.3 Å². The number of aryl methyl sites for hydroxylation is 2. The standard InChI is InChI=1S/C18H14N4OS.C13H10N2S.C5H6N2O2/c1-22-15(10-11-19-22)17(23)20-13-8-6-12(7-9-13)18-21-14-4-2-3-5-16(14)24-18;14-10-7-5-9(6-8-10)13-15-11-3-1-2-4-12(11)16-13;1-7-4(5(8)9)2-3-6-7/h2-11H,1H3,(H,20,23);1-8H,14H2;2-3H,1H3,(H,8,9). The van der Waals surface area contributed by atoms with E-state index in [2.05, 4.69) is 37.6 Å². The molecule has 0 bridgehead atoms. The molecule has 4 aromatic heterocycles. The summed E-state index contributed by atoms with van der Waals surface area (Å²) in [6, 6.07) is 34.9. The number of fused-ring (bicyclic) bond motifs is 2. The van der Waals surface area contributed by atoms with Crippen LogP contribution in [-0.2, 0) is 14.1 Å². The number of nitrogens with two attached hydrogens (primary N) is 1. The number of nitrogens with one attached hydrogen (secondary N) is 1. The largest absolute Gasteiger partial charge is 0.477 e. The summed E-state index contributed by atoms with van der Waals surface area (Å²) in [5.74, 6) is -1.13. The number of aromatic carboxylic acids is 1. The highest BCUT2D eigenvalue weighted by Crippen LogP contribution is 2.31. The van der Waals surface area contributed by atoms with Crippen LogP contribution in [-0.4, -0.2) is 46.5 Å². The van der Waals surface area contributed by atoms with Crippen LogP contribution in [0, 0.1) is 0 Å². The molecule has 0 saturated carbocycles. The van der Waals surface area contributed by atoms with Crippen molar-refractivity contribution in [3.05, 3.63) is 133 Å². The number of rotatable bonds is 5. The van der Waals surface area contributed by atoms with Crippen molar-refractivity contribution < 1.29 is 14.7 Å². The van der Waals surface area contributed by atoms with Gasteiger partial charge in [0.2, 0.25) is 0 Å². The summed E-state index contributed by atoms with van der Waals surface area (Å²) in [6.07, 6.45) is 3.05. The van der Waals surface area contributed by atoms with Crippen molar-refractivity contribution in [1.29, 1.82) is 0 Å². The fourth-order valence-electron chi connectivity index (χ4n) is 4.69. The molecule has 11 nitrogen and oxygen atoms in total. The molecule has 0 radical (unpaired) electrons. The Hall–Kier alpha value is -6.18. The Morgan fingerprint density at radius 2 is 1.12 bits per heavy atom. The second kappa shape index (κ2) is 14.7. The second-order valence-electron chi connectivity index (χ2n) is 10.6. The van der Waals surface area contributed by atoms with Crippen LogP contribution >= 0.6 is 22.7 Å². The van der Waals surface area contributed by atoms with Gasteiger partial charge in [0.25, 0.3) is 5.91 Å². The Morgan fingerprint density at radius 1 is 0.653 bits per heavy atom. The molecular weight excluding hydrogens is 657 g/mol. The fraction of sp³-hybridized carbons (Fsp3) is 0.0556. The van der Waals surface area contributed by atoms with Crippen molar-refractivity contribution in [2.45, 2.75) is 0 Å². The zero-order valence-electron chi connectivity index (χ0n) is 26.4. The van der Waals surface area contributed by atoms with Crippen LogP contribution in [0.25, 0.3) is 41.6 Å². The van der Waals surface area contributed by atoms with E-state index in [1.165, 1.54) is 26.3 Å². The molecule has 49 heavy (non-hydrogen) atoms. The van der Waals surface area contributed by atoms with Crippen LogP contribution in [0.2, 0.25) is 0 Å². The minimum atomic E-state index is -0.949. The molecule has 244 valence electrons. The van der Waals surface area contributed by atoms with E-state index in [4.69, 9.17) is 10.8 Å². The lowest BCUT2D eigenvalue weighted by molar-refractivity contribution is 0.0684. The second-order valence-corrected chi connectivity index (χ2v) is 12.7. The first-order valence-corrected chi connectivity index (χ1v) is 16.6. The Bertz CT molecular complexity index is 2290. The molecule has 4 aromatic carbocycles. The Morgan fingerprint density at radius 3 is 1.55 bits per heavy atom. The van der Waals surface area contributed by atoms with E-state index in [0.29, 0.717) is 5.69 Å². The highest BCUT2D eigenvalue weighted by Gasteiger charge is 2.11. The molecule has 0 aliphatic carbocycles. The third kappa shape index (κ3) is 7.87. The highest BCUT2D eigenvalue weighted by atomic mass is 32.1. The molecule has 0 atom stereocenters. The van der Waals surface area contributed by atoms with E-state index in [-0.39, 0.29) is 11.6 Å². The smallest absolute Gasteiger partial charge is 0.354 e. The number of amides is 1. The number of carbonyl (C=O) groups is 2. The van der Waals surface area contributed by atoms with E-state index in [9.17, 15) is 9.59 Å². The lowest BCUT2D eigenvalue weighted by atomic mass is 10.2. The van der Waals surface area contributed by atoms with E-state index in [0.717, 1.165) is 43.6 Å². The molecule has 0 unspecified atom stereocenters. The van der Waals surface area contributed by atoms with Gasteiger partial charge in [-0.15, -0.1) is 22.7 Å². The van der Waals surface area contributed by atoms with Gasteiger partial charge < -0.3 is 16.2 Å². The van der Waals surface area contributed by atoms with Gasteiger partial charge in [0.15, 0.2) is 0 Å². The SMILES string of the molecule is Cn1nccc1C(=O)Nc1ccc(-c2nc3ccccc3s2)cc1.Cn1nccc1C(=O)O.Nc1ccc(-c2nc3ccccc3s2)cc1. The van der Waals surface area contributed by atoms with Gasteiger partial charge in [-0.05, 0) is 84.9 Å². The first kappa shape index (κ1) is 32.7. The van der Waals surface area contributed by atoms with Crippen LogP contribution in [0.3, 0.4) is 0 Å². The summed E-state index contributed by atoms with van der Waals surface area (Å²) in [6.45, 7) is 0. The average molecular weight is 687 g/mol. The maximum atomic E-state index is 12.2. The highest BCUT2D eigenvalue weighted by molar-refractivity contribution is 7.22. The number of benzene rings is 4. The fourth-order valence-corrected chi connectivity index (χ4v) is 6.63. The van der Waals surface area contributed by atoms with Crippen LogP contribution in [0.5, 0.6) is 0 Å². The first-order chi connectivity index (χ1) is 23.7. The number of nitrogen functional groups attached to an aromatic ring is 1. The van der Waals surface area contributed by atoms with Gasteiger partial charge in [-0.2, -0.15) is 10.2 Å². The molecular formula is C36H30N8O3S2. The summed E-state index contributed by atoms with van der Waals surface area (Å²) in [5, 5.41) is 21.0. The van der Waals surface area contributed by atoms with E-state index >= 15 is 0 Å². The van der Waals surface area contributed by atoms with E-state index in [1.807, 2.05) is 84.9 Å². The van der Waals surface area contributed by atoms with Gasteiger partial charge in [-0.25, -0.2) is 14.8 Å². The van der Waals surface area contributed by atoms with Gasteiger partial charge in [0, 0.05) is 49.0 Å². The van der Waals surface area contributed by atoms with Crippen LogP contribution < -0.4 is 11.1 Å². The maximum absolute atomic E-state index is 12.2. The Labute approximate surface area is 288 Å². The Balaban J connectivity index is 0.000000143. The quantitative estimate of drug-likeness (QED) is 0.156. The number of carbonyl (C=O) groups excluding carboxylic acids is 1. The van der Waals surface area contributed by atoms with Gasteiger partial charge in [-0.3, -0.25) is 14.2 Å². The summed E-state index contributed by atoms with van der Waals surface area (Å²) >= 11 is 3.36. The maximum Gasteiger partial charge on any atom is 0.354 e. The number of aromatic nitrogens is 6. The Kier molecular flexibility index (Phi) is 9.83. The lowest BCUT2D eigenvalue weighted by Gasteiger charge is -2.06. The normalized spacial score (nSPS) is 10.6. The number of thiazole rings is 2. The molecule has 8 aromatic rings. The third-order valence-corrected chi connectivity index (χ3v) is 9.40. The molecule has 0 aliphatic heterocycles. The monoisotopic (exact) mass is 686 g/mol. The van der Waals surface area contributed by atoms with Gasteiger partial charge in [0.05, 0.1) is 20.4 Å². The summed E-state index contributed by atoms with van der Waals surface area (Å²) in [5.41, 5.74) is 12.1. The molecule has 8 rings (SSSR count). The van der Waals surface area contributed by atoms with Crippen LogP contribution in [0.15, 0.2) is 122 Å². The molecule has 13 heteroatoms. The number of anilines is 2. The lowest BCUT2D eigenvalue weighted by Crippen LogP contribution is -2.15. The number of carboxylic acid groups (broad SMARTS) is 1. The number of hydrogen-bond acceptors (Lipinski definition) is 9. The first-order valence-electron chi connectivity index (χ1n) is 14.9. The summed E-state index contributed by atoms with van der Waals surface area (Å²) in [7, 11) is 3.33. The summed E-state index contributed by atoms with van der Waals surface area (Å²) < 4.78 is 5.24. The zero-order valence-corrected chi connectivity index (χ0v) is 28.0. The molecule has 0 fully saturated rings. The van der Waals surface area contributed by atoms with Crippen LogP contribution in [0.1, 0.15) is 21.0 Å². The average Bonchev–Trinajstić information content (AvgIpc) is 3.92. The molecule has 4 N–H and O–H groups in total. The zero-order chi connectivity index (χ0) is 34.3. The minimum absolute atomic E-state index is 0.178. The predicted octanol–water partition coefficient (Wildman–Crippen LogP) is 7.61. The number of nitrogens with zero attached hydrogens (tertiary/aromatic N) is 6. The van der Waals surface area contributed by atoms with Crippen molar-refractivity contribution >= 4 is 66.4 Å². The molecule has 0 spiro atoms. The van der Waals surface area contributed by atoms with Crippen molar-refractivity contribution in [3.63, 3.8) is 0 Å². The minimum Gasteiger partial charge on any atom is -0.477 e. The van der Waals surface area contributed by atoms with Crippen molar-refractivity contribution in [2.75, 3.05) is 11.1 Å². The van der Waals surface area contributed by atoms with Crippen LogP contribution in [0.4, 0.5) is 11.4 Å². The van der Waals surface area contributed by atoms with Crippen molar-refractivity contribution in [1.82, 2.24) is 29.5 Å². The van der Waals surface area contributed by atoms with E-state index in [1.54, 1.807) is 53.7 Å². The molecule has 1 amide bonds. The summed E-state index contributed by atoms with van der Waals surface area (Å²) in [4.78, 5) is 31.6. The van der Waals surface area contributed by atoms with Gasteiger partial charge >= 0.3 is 5.97 Å². The molecule has 0 aliphatic rings. The molecule has 0 saturated heterocycles. The van der Waals surface area contributed by atoms with Crippen molar-refractivity contribution in [3.8, 4) is 21.1 Å². The topological polar surface area (TPSA) is 154 Å². The van der Waals surface area contributed by atoms with E-state index < -0.39 is 5.97 Å². The molecule has 4 heterocycles. The number of para-hydroxylation sites is 2. The third-order valence-electron chi connectivity index (χ3n) is 7.23. The predicted molar refractivity (Wildman–Crippen MR) is 196 cm³/mol. The van der Waals surface area contributed by atoms with Gasteiger partial charge in [0.1, 0.15) is 21.4 Å².